The molecule has 8 nitrogen and oxygen atoms in total. The van der Waals surface area contributed by atoms with Crippen LogP contribution in [0.25, 0.3) is 21.9 Å². The number of primary amides is 1. The quantitative estimate of drug-likeness (QED) is 0.520. The van der Waals surface area contributed by atoms with Crippen LogP contribution in [0, 0.1) is 0 Å². The lowest BCUT2D eigenvalue weighted by atomic mass is 10.1. The summed E-state index contributed by atoms with van der Waals surface area (Å²) in [5.41, 5.74) is 9.30. The van der Waals surface area contributed by atoms with Gasteiger partial charge in [0.05, 0.1) is 18.2 Å². The zero-order valence-electron chi connectivity index (χ0n) is 15.4. The fourth-order valence-corrected chi connectivity index (χ4v) is 2.86. The van der Waals surface area contributed by atoms with Gasteiger partial charge >= 0.3 is 0 Å². The van der Waals surface area contributed by atoms with Gasteiger partial charge in [-0.25, -0.2) is 5.43 Å². The van der Waals surface area contributed by atoms with Crippen LogP contribution in [-0.4, -0.2) is 23.9 Å². The monoisotopic (exact) mass is 388 g/mol. The predicted molar refractivity (Wildman–Crippen MR) is 106 cm³/mol. The number of pyridine rings is 1. The molecule has 0 atom stereocenters. The summed E-state index contributed by atoms with van der Waals surface area (Å²) in [6, 6.07) is 15.8. The Balaban J connectivity index is 1.71. The Morgan fingerprint density at radius 3 is 2.72 bits per heavy atom. The maximum absolute atomic E-state index is 12.5. The van der Waals surface area contributed by atoms with E-state index in [1.165, 1.54) is 19.4 Å². The number of ether oxygens (including phenoxy) is 1. The number of amides is 2. The van der Waals surface area contributed by atoms with E-state index in [1.54, 1.807) is 24.3 Å². The number of aromatic nitrogens is 1. The van der Waals surface area contributed by atoms with Gasteiger partial charge in [-0.05, 0) is 36.4 Å². The van der Waals surface area contributed by atoms with Crippen molar-refractivity contribution in [3.8, 4) is 5.75 Å². The van der Waals surface area contributed by atoms with E-state index in [2.05, 4.69) is 15.5 Å². The Labute approximate surface area is 164 Å². The van der Waals surface area contributed by atoms with Gasteiger partial charge in [0, 0.05) is 17.0 Å². The number of nitrogens with zero attached hydrogens (tertiary/aromatic N) is 2. The number of rotatable bonds is 4. The fourth-order valence-electron chi connectivity index (χ4n) is 2.86. The Kier molecular flexibility index (Phi) is 4.66. The van der Waals surface area contributed by atoms with Gasteiger partial charge < -0.3 is 14.9 Å². The summed E-state index contributed by atoms with van der Waals surface area (Å²) < 4.78 is 10.8. The highest BCUT2D eigenvalue weighted by molar-refractivity contribution is 5.97. The number of nitrogens with one attached hydrogen (secondary N) is 1. The third kappa shape index (κ3) is 3.63. The molecule has 0 saturated heterocycles. The molecule has 0 fully saturated rings. The van der Waals surface area contributed by atoms with Crippen molar-refractivity contribution < 1.29 is 18.7 Å². The average Bonchev–Trinajstić information content (AvgIpc) is 2.75. The number of fused-ring (bicyclic) bond motifs is 2. The van der Waals surface area contributed by atoms with E-state index in [-0.39, 0.29) is 11.1 Å². The van der Waals surface area contributed by atoms with Crippen LogP contribution in [-0.2, 0) is 0 Å². The lowest BCUT2D eigenvalue weighted by molar-refractivity contribution is 0.0946. The van der Waals surface area contributed by atoms with E-state index >= 15 is 0 Å². The molecule has 0 aliphatic carbocycles. The fraction of sp³-hybridized carbons (Fsp3) is 0.0476. The molecule has 29 heavy (non-hydrogen) atoms. The first kappa shape index (κ1) is 18.2. The van der Waals surface area contributed by atoms with Crippen molar-refractivity contribution in [2.75, 3.05) is 7.11 Å². The van der Waals surface area contributed by atoms with Gasteiger partial charge in [-0.1, -0.05) is 18.2 Å². The normalized spacial score (nSPS) is 11.6. The van der Waals surface area contributed by atoms with Gasteiger partial charge in [-0.3, -0.25) is 14.6 Å². The molecule has 0 radical (unpaired) electrons. The zero-order valence-corrected chi connectivity index (χ0v) is 15.4. The molecule has 3 N–H and O–H groups in total. The predicted octanol–water partition coefficient (Wildman–Crippen LogP) is 2.33. The molecule has 0 unspecified atom stereocenters. The smallest absolute Gasteiger partial charge is 0.273 e. The van der Waals surface area contributed by atoms with E-state index in [0.29, 0.717) is 22.3 Å². The number of carbonyl (C=O) groups excluding carboxylic acids is 2. The number of carbonyl (C=O) groups is 2. The van der Waals surface area contributed by atoms with Gasteiger partial charge in [0.25, 0.3) is 11.8 Å². The van der Waals surface area contributed by atoms with Crippen LogP contribution in [0.3, 0.4) is 0 Å². The largest absolute Gasteiger partial charge is 0.497 e. The molecular weight excluding hydrogens is 372 g/mol. The average molecular weight is 388 g/mol. The van der Waals surface area contributed by atoms with Gasteiger partial charge in [-0.15, -0.1) is 5.10 Å². The first-order chi connectivity index (χ1) is 14.0. The summed E-state index contributed by atoms with van der Waals surface area (Å²) in [6.07, 6.45) is 1.45. The van der Waals surface area contributed by atoms with Crippen molar-refractivity contribution >= 4 is 33.7 Å². The molecule has 0 bridgehead atoms. The van der Waals surface area contributed by atoms with Crippen LogP contribution in [0.15, 0.2) is 70.3 Å². The molecule has 2 heterocycles. The molecule has 0 aliphatic heterocycles. The lowest BCUT2D eigenvalue weighted by Gasteiger charge is -2.05. The van der Waals surface area contributed by atoms with E-state index in [0.717, 1.165) is 10.9 Å². The minimum absolute atomic E-state index is 0.0303. The first-order valence-corrected chi connectivity index (χ1v) is 8.66. The van der Waals surface area contributed by atoms with Crippen molar-refractivity contribution in [3.05, 3.63) is 77.5 Å². The summed E-state index contributed by atoms with van der Waals surface area (Å²) in [6.45, 7) is 0. The third-order valence-electron chi connectivity index (χ3n) is 4.33. The number of hydrogen-bond acceptors (Lipinski definition) is 6. The minimum atomic E-state index is -0.737. The van der Waals surface area contributed by atoms with Crippen molar-refractivity contribution in [2.24, 2.45) is 10.8 Å². The molecule has 0 aliphatic rings. The van der Waals surface area contributed by atoms with Crippen LogP contribution in [0.2, 0.25) is 0 Å². The van der Waals surface area contributed by atoms with E-state index in [9.17, 15) is 9.59 Å². The van der Waals surface area contributed by atoms with E-state index < -0.39 is 11.8 Å². The summed E-state index contributed by atoms with van der Waals surface area (Å²) in [5.74, 6) is -0.632. The number of nitrogens with two attached hydrogens (primary N) is 1. The molecule has 2 aromatic carbocycles. The topological polar surface area (TPSA) is 120 Å². The summed E-state index contributed by atoms with van der Waals surface area (Å²) in [4.78, 5) is 28.5. The maximum atomic E-state index is 12.5. The number of benzene rings is 2. The number of para-hydroxylation sites is 1. The first-order valence-electron chi connectivity index (χ1n) is 8.66. The number of methoxy groups -OCH3 is 1. The SMILES string of the molecule is COc1ccc2o/c(=N/NC(=O)c3cnc4ccccc4c3)c(C(N)=O)cc2c1. The maximum Gasteiger partial charge on any atom is 0.273 e. The number of hydrogen-bond donors (Lipinski definition) is 2. The van der Waals surface area contributed by atoms with Crippen LogP contribution >= 0.6 is 0 Å². The van der Waals surface area contributed by atoms with Crippen molar-refractivity contribution in [2.45, 2.75) is 0 Å². The van der Waals surface area contributed by atoms with Gasteiger partial charge in [0.15, 0.2) is 0 Å². The second-order valence-electron chi connectivity index (χ2n) is 6.20. The van der Waals surface area contributed by atoms with Gasteiger partial charge in [-0.2, -0.15) is 0 Å². The van der Waals surface area contributed by atoms with Gasteiger partial charge in [0.1, 0.15) is 16.9 Å². The minimum Gasteiger partial charge on any atom is -0.497 e. The summed E-state index contributed by atoms with van der Waals surface area (Å²) >= 11 is 0. The van der Waals surface area contributed by atoms with Crippen molar-refractivity contribution in [1.29, 1.82) is 0 Å². The second kappa shape index (κ2) is 7.43. The Morgan fingerprint density at radius 2 is 1.93 bits per heavy atom. The second-order valence-corrected chi connectivity index (χ2v) is 6.20. The lowest BCUT2D eigenvalue weighted by Crippen LogP contribution is -2.27. The third-order valence-corrected chi connectivity index (χ3v) is 4.33. The van der Waals surface area contributed by atoms with Crippen molar-refractivity contribution in [1.82, 2.24) is 10.4 Å². The summed E-state index contributed by atoms with van der Waals surface area (Å²) in [5, 5.41) is 5.39. The zero-order chi connectivity index (χ0) is 20.4. The molecule has 4 aromatic rings. The van der Waals surface area contributed by atoms with Crippen molar-refractivity contribution in [3.63, 3.8) is 0 Å². The highest BCUT2D eigenvalue weighted by atomic mass is 16.5. The van der Waals surface area contributed by atoms with Crippen LogP contribution in [0.4, 0.5) is 0 Å². The molecule has 0 saturated carbocycles. The van der Waals surface area contributed by atoms with Crippen LogP contribution < -0.4 is 21.5 Å². The highest BCUT2D eigenvalue weighted by Gasteiger charge is 2.12. The Bertz CT molecular complexity index is 1330. The summed E-state index contributed by atoms with van der Waals surface area (Å²) in [7, 11) is 1.54. The molecule has 8 heteroatoms. The van der Waals surface area contributed by atoms with E-state index in [1.807, 2.05) is 24.3 Å². The Morgan fingerprint density at radius 1 is 1.10 bits per heavy atom. The molecular formula is C21H16N4O4. The molecule has 4 rings (SSSR count). The standard InChI is InChI=1S/C21H16N4O4/c1-28-15-6-7-18-13(9-15)10-16(19(22)26)21(29-18)25-24-20(27)14-8-12-4-2-3-5-17(12)23-11-14/h2-11H,1H3,(H2,22,26)(H,24,27)/b25-21+. The molecule has 2 aromatic heterocycles. The Hall–Kier alpha value is -4.20. The highest BCUT2D eigenvalue weighted by Crippen LogP contribution is 2.20. The molecule has 144 valence electrons. The van der Waals surface area contributed by atoms with E-state index in [4.69, 9.17) is 14.9 Å². The molecule has 2 amide bonds. The van der Waals surface area contributed by atoms with Crippen LogP contribution in [0.1, 0.15) is 20.7 Å². The van der Waals surface area contributed by atoms with Gasteiger partial charge in [0.2, 0.25) is 5.55 Å². The molecule has 0 spiro atoms. The van der Waals surface area contributed by atoms with Crippen LogP contribution in [0.5, 0.6) is 5.75 Å².